The highest BCUT2D eigenvalue weighted by molar-refractivity contribution is 5.78. The second-order valence-electron chi connectivity index (χ2n) is 4.04. The number of nitrogens with one attached hydrogen (secondary N) is 1. The predicted octanol–water partition coefficient (Wildman–Crippen LogP) is 1.31. The summed E-state index contributed by atoms with van der Waals surface area (Å²) < 4.78 is 0. The Bertz CT molecular complexity index is 157. The average molecular weight is 187 g/mol. The van der Waals surface area contributed by atoms with E-state index in [1.807, 2.05) is 13.8 Å². The Morgan fingerprint density at radius 3 is 2.15 bits per heavy atom. The van der Waals surface area contributed by atoms with Crippen LogP contribution in [0.2, 0.25) is 0 Å². The lowest BCUT2D eigenvalue weighted by molar-refractivity contribution is -0.126. The highest BCUT2D eigenvalue weighted by atomic mass is 16.3. The molecular weight excluding hydrogens is 166 g/mol. The molecule has 0 aromatic rings. The first-order valence-electron chi connectivity index (χ1n) is 4.90. The SMILES string of the molecule is CCC(CC)C(=O)NCC(C)(C)O. The number of rotatable bonds is 5. The summed E-state index contributed by atoms with van der Waals surface area (Å²) >= 11 is 0. The van der Waals surface area contributed by atoms with Gasteiger partial charge in [0.05, 0.1) is 5.60 Å². The van der Waals surface area contributed by atoms with Crippen LogP contribution in [0.5, 0.6) is 0 Å². The molecule has 3 heteroatoms. The van der Waals surface area contributed by atoms with E-state index in [1.54, 1.807) is 13.8 Å². The summed E-state index contributed by atoms with van der Waals surface area (Å²) in [6.45, 7) is 7.68. The van der Waals surface area contributed by atoms with Crippen LogP contribution in [0.4, 0.5) is 0 Å². The van der Waals surface area contributed by atoms with Crippen LogP contribution < -0.4 is 5.32 Å². The number of hydrogen-bond donors (Lipinski definition) is 2. The van der Waals surface area contributed by atoms with Crippen molar-refractivity contribution in [3.05, 3.63) is 0 Å². The van der Waals surface area contributed by atoms with Crippen LogP contribution in [-0.2, 0) is 4.79 Å². The molecule has 0 spiro atoms. The smallest absolute Gasteiger partial charge is 0.223 e. The van der Waals surface area contributed by atoms with E-state index >= 15 is 0 Å². The van der Waals surface area contributed by atoms with Gasteiger partial charge in [-0.1, -0.05) is 13.8 Å². The van der Waals surface area contributed by atoms with Crippen molar-refractivity contribution in [2.45, 2.75) is 46.1 Å². The Kier molecular flexibility index (Phi) is 4.99. The summed E-state index contributed by atoms with van der Waals surface area (Å²) in [5.41, 5.74) is -0.818. The fraction of sp³-hybridized carbons (Fsp3) is 0.900. The minimum Gasteiger partial charge on any atom is -0.389 e. The molecule has 0 aliphatic rings. The van der Waals surface area contributed by atoms with Crippen molar-refractivity contribution in [1.29, 1.82) is 0 Å². The molecule has 0 aromatic carbocycles. The van der Waals surface area contributed by atoms with Crippen molar-refractivity contribution in [3.8, 4) is 0 Å². The molecule has 0 saturated carbocycles. The second kappa shape index (κ2) is 5.22. The third kappa shape index (κ3) is 5.64. The number of carbonyl (C=O) groups excluding carboxylic acids is 1. The van der Waals surface area contributed by atoms with Crippen LogP contribution >= 0.6 is 0 Å². The molecule has 78 valence electrons. The molecule has 13 heavy (non-hydrogen) atoms. The fourth-order valence-corrected chi connectivity index (χ4v) is 1.11. The molecule has 0 bridgehead atoms. The Balaban J connectivity index is 3.86. The molecule has 2 N–H and O–H groups in total. The molecule has 0 unspecified atom stereocenters. The number of hydrogen-bond acceptors (Lipinski definition) is 2. The maximum atomic E-state index is 11.4. The zero-order valence-electron chi connectivity index (χ0n) is 9.05. The van der Waals surface area contributed by atoms with Crippen molar-refractivity contribution < 1.29 is 9.90 Å². The Labute approximate surface area is 80.5 Å². The van der Waals surface area contributed by atoms with Gasteiger partial charge in [0, 0.05) is 12.5 Å². The van der Waals surface area contributed by atoms with Gasteiger partial charge >= 0.3 is 0 Å². The Morgan fingerprint density at radius 1 is 1.38 bits per heavy atom. The lowest BCUT2D eigenvalue weighted by atomic mass is 10.0. The molecular formula is C10H21NO2. The van der Waals surface area contributed by atoms with E-state index in [4.69, 9.17) is 0 Å². The molecule has 0 saturated heterocycles. The standard InChI is InChI=1S/C10H21NO2/c1-5-8(6-2)9(12)11-7-10(3,4)13/h8,13H,5-7H2,1-4H3,(H,11,12). The fourth-order valence-electron chi connectivity index (χ4n) is 1.11. The second-order valence-corrected chi connectivity index (χ2v) is 4.04. The van der Waals surface area contributed by atoms with Gasteiger partial charge in [0.25, 0.3) is 0 Å². The number of carbonyl (C=O) groups is 1. The maximum Gasteiger partial charge on any atom is 0.223 e. The molecule has 0 fully saturated rings. The highest BCUT2D eigenvalue weighted by Crippen LogP contribution is 2.07. The van der Waals surface area contributed by atoms with Crippen LogP contribution in [0.15, 0.2) is 0 Å². The zero-order chi connectivity index (χ0) is 10.5. The van der Waals surface area contributed by atoms with Crippen LogP contribution in [0, 0.1) is 5.92 Å². The Morgan fingerprint density at radius 2 is 1.85 bits per heavy atom. The molecule has 1 amide bonds. The maximum absolute atomic E-state index is 11.4. The summed E-state index contributed by atoms with van der Waals surface area (Å²) in [7, 11) is 0. The van der Waals surface area contributed by atoms with Crippen molar-refractivity contribution in [3.63, 3.8) is 0 Å². The molecule has 0 atom stereocenters. The van der Waals surface area contributed by atoms with Crippen molar-refractivity contribution >= 4 is 5.91 Å². The molecule has 0 aliphatic carbocycles. The average Bonchev–Trinajstić information content (AvgIpc) is 2.02. The lowest BCUT2D eigenvalue weighted by Crippen LogP contribution is -2.40. The van der Waals surface area contributed by atoms with Crippen LogP contribution in [0.25, 0.3) is 0 Å². The first-order valence-corrected chi connectivity index (χ1v) is 4.90. The van der Waals surface area contributed by atoms with Gasteiger partial charge in [-0.05, 0) is 26.7 Å². The van der Waals surface area contributed by atoms with Gasteiger partial charge in [-0.3, -0.25) is 4.79 Å². The predicted molar refractivity (Wildman–Crippen MR) is 53.4 cm³/mol. The van der Waals surface area contributed by atoms with Gasteiger partial charge in [0.1, 0.15) is 0 Å². The molecule has 0 radical (unpaired) electrons. The van der Waals surface area contributed by atoms with E-state index in [9.17, 15) is 9.90 Å². The van der Waals surface area contributed by atoms with Gasteiger partial charge in [0.15, 0.2) is 0 Å². The third-order valence-corrected chi connectivity index (χ3v) is 2.05. The molecule has 0 aliphatic heterocycles. The van der Waals surface area contributed by atoms with E-state index in [-0.39, 0.29) is 11.8 Å². The van der Waals surface area contributed by atoms with Gasteiger partial charge in [-0.15, -0.1) is 0 Å². The van der Waals surface area contributed by atoms with E-state index < -0.39 is 5.60 Å². The van der Waals surface area contributed by atoms with E-state index in [1.165, 1.54) is 0 Å². The van der Waals surface area contributed by atoms with Crippen LogP contribution in [0.1, 0.15) is 40.5 Å². The monoisotopic (exact) mass is 187 g/mol. The quantitative estimate of drug-likeness (QED) is 0.681. The lowest BCUT2D eigenvalue weighted by Gasteiger charge is -2.20. The summed E-state index contributed by atoms with van der Waals surface area (Å²) in [5.74, 6) is 0.134. The van der Waals surface area contributed by atoms with E-state index in [0.717, 1.165) is 12.8 Å². The molecule has 0 rings (SSSR count). The van der Waals surface area contributed by atoms with Crippen LogP contribution in [-0.4, -0.2) is 23.2 Å². The molecule has 0 heterocycles. The van der Waals surface area contributed by atoms with Crippen molar-refractivity contribution in [2.75, 3.05) is 6.54 Å². The molecule has 3 nitrogen and oxygen atoms in total. The highest BCUT2D eigenvalue weighted by Gasteiger charge is 2.18. The van der Waals surface area contributed by atoms with Gasteiger partial charge in [0.2, 0.25) is 5.91 Å². The number of aliphatic hydroxyl groups is 1. The number of amides is 1. The minimum atomic E-state index is -0.818. The first kappa shape index (κ1) is 12.4. The molecule has 0 aromatic heterocycles. The van der Waals surface area contributed by atoms with Crippen LogP contribution in [0.3, 0.4) is 0 Å². The topological polar surface area (TPSA) is 49.3 Å². The largest absolute Gasteiger partial charge is 0.389 e. The first-order chi connectivity index (χ1) is 5.90. The summed E-state index contributed by atoms with van der Waals surface area (Å²) in [6, 6.07) is 0. The third-order valence-electron chi connectivity index (χ3n) is 2.05. The van der Waals surface area contributed by atoms with Crippen molar-refractivity contribution in [2.24, 2.45) is 5.92 Å². The van der Waals surface area contributed by atoms with Gasteiger partial charge in [-0.25, -0.2) is 0 Å². The minimum absolute atomic E-state index is 0.0483. The summed E-state index contributed by atoms with van der Waals surface area (Å²) in [5, 5.41) is 12.1. The normalized spacial score (nSPS) is 11.8. The van der Waals surface area contributed by atoms with E-state index in [2.05, 4.69) is 5.32 Å². The van der Waals surface area contributed by atoms with Gasteiger partial charge in [-0.2, -0.15) is 0 Å². The summed E-state index contributed by atoms with van der Waals surface area (Å²) in [4.78, 5) is 11.4. The van der Waals surface area contributed by atoms with Gasteiger partial charge < -0.3 is 10.4 Å². The summed E-state index contributed by atoms with van der Waals surface area (Å²) in [6.07, 6.45) is 1.71. The van der Waals surface area contributed by atoms with E-state index in [0.29, 0.717) is 6.54 Å². The zero-order valence-corrected chi connectivity index (χ0v) is 9.05. The van der Waals surface area contributed by atoms with Crippen molar-refractivity contribution in [1.82, 2.24) is 5.32 Å². The Hall–Kier alpha value is -0.570.